The van der Waals surface area contributed by atoms with Crippen LogP contribution in [0, 0.1) is 5.82 Å². The standard InChI is InChI=1S/C8H8ClFN2O/c9-6-2-1-5(3-7(6)10)4-8(11)12-13/h1-3,13H,4H2,(H2,11,12). The molecule has 0 saturated carbocycles. The first-order chi connectivity index (χ1) is 6.13. The Hall–Kier alpha value is -1.29. The van der Waals surface area contributed by atoms with Gasteiger partial charge in [0.1, 0.15) is 11.7 Å². The second-order valence-electron chi connectivity index (χ2n) is 2.52. The zero-order valence-corrected chi connectivity index (χ0v) is 7.42. The summed E-state index contributed by atoms with van der Waals surface area (Å²) >= 11 is 5.47. The van der Waals surface area contributed by atoms with Crippen LogP contribution in [0.2, 0.25) is 5.02 Å². The molecule has 0 spiro atoms. The molecule has 13 heavy (non-hydrogen) atoms. The number of hydrogen-bond donors (Lipinski definition) is 2. The van der Waals surface area contributed by atoms with Crippen molar-refractivity contribution in [3.63, 3.8) is 0 Å². The van der Waals surface area contributed by atoms with Crippen molar-refractivity contribution in [2.45, 2.75) is 6.42 Å². The molecule has 0 atom stereocenters. The maximum atomic E-state index is 12.9. The van der Waals surface area contributed by atoms with Crippen LogP contribution in [-0.4, -0.2) is 11.0 Å². The first-order valence-corrected chi connectivity index (χ1v) is 3.91. The van der Waals surface area contributed by atoms with Crippen LogP contribution in [0.5, 0.6) is 0 Å². The molecule has 3 nitrogen and oxygen atoms in total. The maximum absolute atomic E-state index is 12.9. The highest BCUT2D eigenvalue weighted by molar-refractivity contribution is 6.30. The molecule has 0 saturated heterocycles. The molecule has 3 N–H and O–H groups in total. The van der Waals surface area contributed by atoms with Gasteiger partial charge < -0.3 is 10.9 Å². The topological polar surface area (TPSA) is 58.6 Å². The summed E-state index contributed by atoms with van der Waals surface area (Å²) in [6, 6.07) is 4.29. The van der Waals surface area contributed by atoms with E-state index in [9.17, 15) is 4.39 Å². The van der Waals surface area contributed by atoms with Crippen LogP contribution in [0.25, 0.3) is 0 Å². The molecule has 1 aromatic carbocycles. The molecule has 0 aromatic heterocycles. The molecule has 70 valence electrons. The summed E-state index contributed by atoms with van der Waals surface area (Å²) in [6.45, 7) is 0. The quantitative estimate of drug-likeness (QED) is 0.332. The predicted molar refractivity (Wildman–Crippen MR) is 48.5 cm³/mol. The van der Waals surface area contributed by atoms with Gasteiger partial charge in [0.25, 0.3) is 0 Å². The fourth-order valence-corrected chi connectivity index (χ4v) is 1.01. The van der Waals surface area contributed by atoms with E-state index in [-0.39, 0.29) is 17.3 Å². The first kappa shape index (κ1) is 9.80. The van der Waals surface area contributed by atoms with Gasteiger partial charge in [-0.2, -0.15) is 0 Å². The molecule has 0 bridgehead atoms. The molecule has 1 aromatic rings. The Morgan fingerprint density at radius 1 is 1.62 bits per heavy atom. The molecular formula is C8H8ClFN2O. The van der Waals surface area contributed by atoms with E-state index in [1.165, 1.54) is 12.1 Å². The van der Waals surface area contributed by atoms with Crippen LogP contribution in [0.1, 0.15) is 5.56 Å². The van der Waals surface area contributed by atoms with E-state index in [0.29, 0.717) is 5.56 Å². The number of amidine groups is 1. The Morgan fingerprint density at radius 3 is 2.85 bits per heavy atom. The molecule has 0 heterocycles. The van der Waals surface area contributed by atoms with Gasteiger partial charge in [-0.15, -0.1) is 0 Å². The molecule has 5 heteroatoms. The zero-order chi connectivity index (χ0) is 9.84. The van der Waals surface area contributed by atoms with Crippen molar-refractivity contribution in [1.29, 1.82) is 0 Å². The predicted octanol–water partition coefficient (Wildman–Crippen LogP) is 1.77. The lowest BCUT2D eigenvalue weighted by molar-refractivity contribution is 0.317. The molecular weight excluding hydrogens is 195 g/mol. The Morgan fingerprint density at radius 2 is 2.31 bits per heavy atom. The lowest BCUT2D eigenvalue weighted by atomic mass is 10.1. The monoisotopic (exact) mass is 202 g/mol. The minimum atomic E-state index is -0.509. The normalized spacial score (nSPS) is 11.7. The maximum Gasteiger partial charge on any atom is 0.143 e. The SMILES string of the molecule is NC(Cc1ccc(Cl)c(F)c1)=NO. The van der Waals surface area contributed by atoms with Gasteiger partial charge in [-0.25, -0.2) is 4.39 Å². The summed E-state index contributed by atoms with van der Waals surface area (Å²) in [4.78, 5) is 0. The van der Waals surface area contributed by atoms with Gasteiger partial charge in [-0.3, -0.25) is 0 Å². The number of hydrogen-bond acceptors (Lipinski definition) is 2. The van der Waals surface area contributed by atoms with Crippen molar-refractivity contribution >= 4 is 17.4 Å². The van der Waals surface area contributed by atoms with Crippen LogP contribution < -0.4 is 5.73 Å². The Kier molecular flexibility index (Phi) is 3.08. The summed E-state index contributed by atoms with van der Waals surface area (Å²) in [5.41, 5.74) is 5.85. The van der Waals surface area contributed by atoms with Gasteiger partial charge in [0.05, 0.1) is 5.02 Å². The minimum absolute atomic E-state index is 0.0294. The number of oxime groups is 1. The minimum Gasteiger partial charge on any atom is -0.409 e. The molecule has 0 unspecified atom stereocenters. The number of nitrogens with two attached hydrogens (primary N) is 1. The van der Waals surface area contributed by atoms with Crippen LogP contribution in [0.3, 0.4) is 0 Å². The van der Waals surface area contributed by atoms with Crippen LogP contribution >= 0.6 is 11.6 Å². The summed E-state index contributed by atoms with van der Waals surface area (Å²) in [5, 5.41) is 11.1. The van der Waals surface area contributed by atoms with Gasteiger partial charge in [0, 0.05) is 6.42 Å². The first-order valence-electron chi connectivity index (χ1n) is 3.54. The van der Waals surface area contributed by atoms with Crippen molar-refractivity contribution in [2.24, 2.45) is 10.9 Å². The van der Waals surface area contributed by atoms with Gasteiger partial charge in [0.2, 0.25) is 0 Å². The fourth-order valence-electron chi connectivity index (χ4n) is 0.894. The third kappa shape index (κ3) is 2.59. The Balaban J connectivity index is 2.86. The highest BCUT2D eigenvalue weighted by Gasteiger charge is 2.02. The summed E-state index contributed by atoms with van der Waals surface area (Å²) in [5.74, 6) is -0.480. The van der Waals surface area contributed by atoms with Crippen LogP contribution in [0.4, 0.5) is 4.39 Å². The summed E-state index contributed by atoms with van der Waals surface area (Å²) < 4.78 is 12.9. The number of halogens is 2. The summed E-state index contributed by atoms with van der Waals surface area (Å²) in [7, 11) is 0. The molecule has 1 rings (SSSR count). The zero-order valence-electron chi connectivity index (χ0n) is 6.67. The molecule has 0 aliphatic rings. The van der Waals surface area contributed by atoms with Crippen LogP contribution in [0.15, 0.2) is 23.4 Å². The highest BCUT2D eigenvalue weighted by Crippen LogP contribution is 2.15. The van der Waals surface area contributed by atoms with E-state index in [2.05, 4.69) is 5.16 Å². The average molecular weight is 203 g/mol. The van der Waals surface area contributed by atoms with E-state index in [1.54, 1.807) is 6.07 Å². The fraction of sp³-hybridized carbons (Fsp3) is 0.125. The number of rotatable bonds is 2. The van der Waals surface area contributed by atoms with Crippen LogP contribution in [-0.2, 0) is 6.42 Å². The van der Waals surface area contributed by atoms with Gasteiger partial charge in [-0.1, -0.05) is 22.8 Å². The van der Waals surface area contributed by atoms with E-state index in [4.69, 9.17) is 22.5 Å². The van der Waals surface area contributed by atoms with E-state index >= 15 is 0 Å². The van der Waals surface area contributed by atoms with E-state index < -0.39 is 5.82 Å². The Labute approximate surface area is 79.6 Å². The van der Waals surface area contributed by atoms with Crippen molar-refractivity contribution in [1.82, 2.24) is 0 Å². The van der Waals surface area contributed by atoms with E-state index in [0.717, 1.165) is 0 Å². The second-order valence-corrected chi connectivity index (χ2v) is 2.92. The molecule has 0 fully saturated rings. The van der Waals surface area contributed by atoms with Gasteiger partial charge >= 0.3 is 0 Å². The van der Waals surface area contributed by atoms with Gasteiger partial charge in [0.15, 0.2) is 0 Å². The Bertz CT molecular complexity index is 341. The molecule has 0 radical (unpaired) electrons. The lowest BCUT2D eigenvalue weighted by Crippen LogP contribution is -2.14. The van der Waals surface area contributed by atoms with Crippen molar-refractivity contribution in [2.75, 3.05) is 0 Å². The molecule has 0 aliphatic heterocycles. The number of nitrogens with zero attached hydrogens (tertiary/aromatic N) is 1. The molecule has 0 amide bonds. The third-order valence-corrected chi connectivity index (χ3v) is 1.80. The van der Waals surface area contributed by atoms with Crippen molar-refractivity contribution < 1.29 is 9.60 Å². The average Bonchev–Trinajstić information content (AvgIpc) is 2.11. The summed E-state index contributed by atoms with van der Waals surface area (Å²) in [6.07, 6.45) is 0.199. The largest absolute Gasteiger partial charge is 0.409 e. The van der Waals surface area contributed by atoms with Crippen molar-refractivity contribution in [3.8, 4) is 0 Å². The lowest BCUT2D eigenvalue weighted by Gasteiger charge is -2.00. The number of benzene rings is 1. The van der Waals surface area contributed by atoms with E-state index in [1.807, 2.05) is 0 Å². The van der Waals surface area contributed by atoms with Gasteiger partial charge in [-0.05, 0) is 17.7 Å². The second kappa shape index (κ2) is 4.09. The van der Waals surface area contributed by atoms with Crippen molar-refractivity contribution in [3.05, 3.63) is 34.6 Å². The highest BCUT2D eigenvalue weighted by atomic mass is 35.5. The molecule has 0 aliphatic carbocycles. The third-order valence-electron chi connectivity index (χ3n) is 1.50. The smallest absolute Gasteiger partial charge is 0.143 e.